The van der Waals surface area contributed by atoms with E-state index in [1.165, 1.54) is 38.1 Å². The van der Waals surface area contributed by atoms with E-state index in [1.807, 2.05) is 6.20 Å². The van der Waals surface area contributed by atoms with E-state index in [4.69, 9.17) is 0 Å². The fourth-order valence-electron chi connectivity index (χ4n) is 3.18. The molecule has 0 unspecified atom stereocenters. The van der Waals surface area contributed by atoms with Gasteiger partial charge in [0.15, 0.2) is 0 Å². The van der Waals surface area contributed by atoms with Gasteiger partial charge in [-0.3, -0.25) is 0 Å². The predicted octanol–water partition coefficient (Wildman–Crippen LogP) is 6.28. The molecule has 0 atom stereocenters. The Balaban J connectivity index is 1.80. The standard InChI is InChI=1S/C21H20N2S/c1-3-15-6-4-5-7-16(9-15)20-12-23-21-19(20)10-17(11-22-21)18-8-14(2)24-13-18/h4-8,10-13H,3,9H2,1-2H3,(H,22,23). The molecule has 3 aromatic rings. The van der Waals surface area contributed by atoms with Crippen molar-refractivity contribution in [1.29, 1.82) is 0 Å². The summed E-state index contributed by atoms with van der Waals surface area (Å²) in [5.74, 6) is 0. The third-order valence-corrected chi connectivity index (χ3v) is 5.41. The summed E-state index contributed by atoms with van der Waals surface area (Å²) in [6, 6.07) is 4.49. The van der Waals surface area contributed by atoms with Crippen molar-refractivity contribution in [2.75, 3.05) is 0 Å². The molecule has 0 bridgehead atoms. The number of aromatic nitrogens is 2. The van der Waals surface area contributed by atoms with E-state index < -0.39 is 0 Å². The predicted molar refractivity (Wildman–Crippen MR) is 104 cm³/mol. The molecule has 3 heterocycles. The average Bonchev–Trinajstić information content (AvgIpc) is 3.14. The van der Waals surface area contributed by atoms with Crippen molar-refractivity contribution in [2.24, 2.45) is 0 Å². The molecule has 4 rings (SSSR count). The van der Waals surface area contributed by atoms with Gasteiger partial charge < -0.3 is 4.98 Å². The maximum absolute atomic E-state index is 4.63. The number of thiophene rings is 1. The molecule has 0 radical (unpaired) electrons. The number of rotatable bonds is 3. The zero-order chi connectivity index (χ0) is 16.5. The van der Waals surface area contributed by atoms with Crippen LogP contribution in [0.5, 0.6) is 0 Å². The fraction of sp³-hybridized carbons (Fsp3) is 0.190. The number of fused-ring (bicyclic) bond motifs is 1. The Morgan fingerprint density at radius 1 is 1.17 bits per heavy atom. The molecule has 0 amide bonds. The summed E-state index contributed by atoms with van der Waals surface area (Å²) in [7, 11) is 0. The highest BCUT2D eigenvalue weighted by molar-refractivity contribution is 7.10. The molecular weight excluding hydrogens is 312 g/mol. The van der Waals surface area contributed by atoms with Crippen LogP contribution in [0, 0.1) is 6.92 Å². The summed E-state index contributed by atoms with van der Waals surface area (Å²) >= 11 is 1.78. The van der Waals surface area contributed by atoms with Crippen molar-refractivity contribution in [2.45, 2.75) is 26.7 Å². The summed E-state index contributed by atoms with van der Waals surface area (Å²) in [5, 5.41) is 3.41. The molecular formula is C21H20N2S. The van der Waals surface area contributed by atoms with E-state index in [1.54, 1.807) is 11.3 Å². The van der Waals surface area contributed by atoms with Crippen molar-refractivity contribution >= 4 is 27.9 Å². The van der Waals surface area contributed by atoms with Crippen LogP contribution in [0.15, 0.2) is 59.8 Å². The molecule has 120 valence electrons. The van der Waals surface area contributed by atoms with Crippen LogP contribution in [-0.2, 0) is 0 Å². The second kappa shape index (κ2) is 6.25. The van der Waals surface area contributed by atoms with Crippen LogP contribution in [0.3, 0.4) is 0 Å². The van der Waals surface area contributed by atoms with Crippen LogP contribution < -0.4 is 0 Å². The van der Waals surface area contributed by atoms with Crippen LogP contribution >= 0.6 is 11.3 Å². The first-order valence-corrected chi connectivity index (χ1v) is 9.21. The summed E-state index contributed by atoms with van der Waals surface area (Å²) in [6.07, 6.45) is 14.9. The van der Waals surface area contributed by atoms with Gasteiger partial charge >= 0.3 is 0 Å². The third kappa shape index (κ3) is 2.76. The molecule has 2 nitrogen and oxygen atoms in total. The van der Waals surface area contributed by atoms with Crippen LogP contribution in [0.4, 0.5) is 0 Å². The Hall–Kier alpha value is -2.39. The van der Waals surface area contributed by atoms with Crippen molar-refractivity contribution < 1.29 is 0 Å². The van der Waals surface area contributed by atoms with Gasteiger partial charge in [-0.1, -0.05) is 36.8 Å². The molecule has 3 aromatic heterocycles. The van der Waals surface area contributed by atoms with Crippen molar-refractivity contribution in [1.82, 2.24) is 9.97 Å². The molecule has 0 aromatic carbocycles. The van der Waals surface area contributed by atoms with Gasteiger partial charge in [-0.2, -0.15) is 0 Å². The molecule has 24 heavy (non-hydrogen) atoms. The van der Waals surface area contributed by atoms with Gasteiger partial charge in [0, 0.05) is 33.8 Å². The highest BCUT2D eigenvalue weighted by Gasteiger charge is 2.13. The molecule has 3 heteroatoms. The van der Waals surface area contributed by atoms with E-state index in [2.05, 4.69) is 71.8 Å². The Morgan fingerprint density at radius 3 is 2.83 bits per heavy atom. The maximum atomic E-state index is 4.63. The van der Waals surface area contributed by atoms with Gasteiger partial charge in [-0.25, -0.2) is 4.98 Å². The van der Waals surface area contributed by atoms with Crippen LogP contribution in [-0.4, -0.2) is 9.97 Å². The Bertz CT molecular complexity index is 982. The molecule has 0 spiro atoms. The number of H-pyrrole nitrogens is 1. The molecule has 1 aliphatic rings. The van der Waals surface area contributed by atoms with E-state index >= 15 is 0 Å². The zero-order valence-corrected chi connectivity index (χ0v) is 14.8. The number of allylic oxidation sites excluding steroid dienone is 6. The van der Waals surface area contributed by atoms with Gasteiger partial charge in [-0.15, -0.1) is 11.3 Å². The van der Waals surface area contributed by atoms with Crippen LogP contribution in [0.1, 0.15) is 30.2 Å². The van der Waals surface area contributed by atoms with Gasteiger partial charge in [0.2, 0.25) is 0 Å². The number of hydrogen-bond donors (Lipinski definition) is 1. The minimum atomic E-state index is 0.955. The molecule has 1 aliphatic carbocycles. The molecule has 1 N–H and O–H groups in total. The lowest BCUT2D eigenvalue weighted by atomic mass is 9.96. The normalized spacial score (nSPS) is 14.6. The highest BCUT2D eigenvalue weighted by Crippen LogP contribution is 2.33. The SMILES string of the molecule is CCC1=CC=CC=C(c2c[nH]c3ncc(-c4csc(C)c4)cc23)C1. The van der Waals surface area contributed by atoms with Gasteiger partial charge in [0.1, 0.15) is 5.65 Å². The summed E-state index contributed by atoms with van der Waals surface area (Å²) in [6.45, 7) is 4.36. The number of nitrogens with zero attached hydrogens (tertiary/aromatic N) is 1. The number of pyridine rings is 1. The Labute approximate surface area is 146 Å². The van der Waals surface area contributed by atoms with Crippen LogP contribution in [0.2, 0.25) is 0 Å². The first-order chi connectivity index (χ1) is 11.7. The zero-order valence-electron chi connectivity index (χ0n) is 14.0. The second-order valence-electron chi connectivity index (χ2n) is 6.20. The summed E-state index contributed by atoms with van der Waals surface area (Å²) in [5.41, 5.74) is 7.46. The van der Waals surface area contributed by atoms with Gasteiger partial charge in [-0.05, 0) is 48.4 Å². The minimum Gasteiger partial charge on any atom is -0.346 e. The van der Waals surface area contributed by atoms with E-state index in [0.717, 1.165) is 18.5 Å². The van der Waals surface area contributed by atoms with E-state index in [9.17, 15) is 0 Å². The van der Waals surface area contributed by atoms with Crippen molar-refractivity contribution in [3.63, 3.8) is 0 Å². The minimum absolute atomic E-state index is 0.955. The topological polar surface area (TPSA) is 28.7 Å². The molecule has 0 saturated heterocycles. The fourth-order valence-corrected chi connectivity index (χ4v) is 3.89. The quantitative estimate of drug-likeness (QED) is 0.601. The largest absolute Gasteiger partial charge is 0.346 e. The van der Waals surface area contributed by atoms with E-state index in [-0.39, 0.29) is 0 Å². The number of aromatic amines is 1. The molecule has 0 fully saturated rings. The Kier molecular flexibility index (Phi) is 3.95. The molecule has 0 saturated carbocycles. The summed E-state index contributed by atoms with van der Waals surface area (Å²) in [4.78, 5) is 9.29. The number of hydrogen-bond acceptors (Lipinski definition) is 2. The van der Waals surface area contributed by atoms with Gasteiger partial charge in [0.05, 0.1) is 0 Å². The third-order valence-electron chi connectivity index (χ3n) is 4.55. The monoisotopic (exact) mass is 332 g/mol. The number of nitrogens with one attached hydrogen (secondary N) is 1. The molecule has 0 aliphatic heterocycles. The maximum Gasteiger partial charge on any atom is 0.137 e. The van der Waals surface area contributed by atoms with Gasteiger partial charge in [0.25, 0.3) is 0 Å². The van der Waals surface area contributed by atoms with Crippen LogP contribution in [0.25, 0.3) is 27.7 Å². The van der Waals surface area contributed by atoms with Crippen molar-refractivity contribution in [3.05, 3.63) is 70.2 Å². The lowest BCUT2D eigenvalue weighted by Crippen LogP contribution is -1.87. The number of aryl methyl sites for hydroxylation is 1. The highest BCUT2D eigenvalue weighted by atomic mass is 32.1. The first kappa shape index (κ1) is 15.2. The second-order valence-corrected chi connectivity index (χ2v) is 7.32. The lowest BCUT2D eigenvalue weighted by molar-refractivity contribution is 1.04. The first-order valence-electron chi connectivity index (χ1n) is 8.33. The average molecular weight is 332 g/mol. The lowest BCUT2D eigenvalue weighted by Gasteiger charge is -2.08. The smallest absolute Gasteiger partial charge is 0.137 e. The van der Waals surface area contributed by atoms with E-state index in [0.29, 0.717) is 0 Å². The summed E-state index contributed by atoms with van der Waals surface area (Å²) < 4.78 is 0. The Morgan fingerprint density at radius 2 is 2.04 bits per heavy atom. The van der Waals surface area contributed by atoms with Crippen molar-refractivity contribution in [3.8, 4) is 11.1 Å².